The average molecular weight is 790 g/mol. The van der Waals surface area contributed by atoms with E-state index in [0.29, 0.717) is 6.61 Å². The molecule has 0 aromatic heterocycles. The number of hydrogen-bond donors (Lipinski definition) is 1. The normalized spacial score (nSPS) is 12.9. The summed E-state index contributed by atoms with van der Waals surface area (Å²) >= 11 is 0. The summed E-state index contributed by atoms with van der Waals surface area (Å²) in [6.07, 6.45) is -0.425. The van der Waals surface area contributed by atoms with Gasteiger partial charge in [-0.2, -0.15) is 6.61 Å². The second-order valence-electron chi connectivity index (χ2n) is 11.0. The van der Waals surface area contributed by atoms with Gasteiger partial charge in [-0.15, -0.1) is 0 Å². The van der Waals surface area contributed by atoms with E-state index in [1.165, 1.54) is 6.61 Å². The van der Waals surface area contributed by atoms with E-state index in [-0.39, 0.29) is 49.4 Å². The molecule has 3 aromatic carbocycles. The summed E-state index contributed by atoms with van der Waals surface area (Å²) < 4.78 is 30.3. The van der Waals surface area contributed by atoms with Gasteiger partial charge < -0.3 is 28.5 Å². The molecule has 3 aromatic rings. The van der Waals surface area contributed by atoms with Gasteiger partial charge in [-0.3, -0.25) is 0 Å². The Kier molecular flexibility index (Phi) is 13.4. The fourth-order valence-electron chi connectivity index (χ4n) is 4.12. The van der Waals surface area contributed by atoms with Gasteiger partial charge in [-0.05, 0) is 59.1 Å². The van der Waals surface area contributed by atoms with Crippen molar-refractivity contribution < 1.29 is 59.6 Å². The zero-order valence-corrected chi connectivity index (χ0v) is 29.9. The summed E-state index contributed by atoms with van der Waals surface area (Å²) in [6.45, 7) is 12.8. The van der Waals surface area contributed by atoms with E-state index in [0.717, 1.165) is 28.2 Å². The maximum Gasteiger partial charge on any atom is 0.192 e. The number of aliphatic hydroxyl groups is 1. The molecule has 6 nitrogen and oxygen atoms in total. The molecule has 0 fully saturated rings. The van der Waals surface area contributed by atoms with E-state index in [9.17, 15) is 5.11 Å². The van der Waals surface area contributed by atoms with Gasteiger partial charge in [0.1, 0.15) is 17.1 Å². The number of hydrogen-bond acceptors (Lipinski definition) is 6. The molecular weight excluding hydrogens is 746 g/mol. The van der Waals surface area contributed by atoms with Crippen LogP contribution in [0.5, 0.6) is 11.5 Å². The van der Waals surface area contributed by atoms with Crippen LogP contribution in [-0.4, -0.2) is 53.6 Å². The van der Waals surface area contributed by atoms with Gasteiger partial charge in [0.15, 0.2) is 8.32 Å². The van der Waals surface area contributed by atoms with E-state index in [1.54, 1.807) is 14.2 Å². The molecule has 216 valence electrons. The molecule has 40 heavy (non-hydrogen) atoms. The first-order valence-corrected chi connectivity index (χ1v) is 16.2. The third-order valence-electron chi connectivity index (χ3n) is 7.46. The van der Waals surface area contributed by atoms with Crippen LogP contribution < -0.4 is 9.47 Å². The van der Waals surface area contributed by atoms with Crippen molar-refractivity contribution in [2.45, 2.75) is 50.6 Å². The zero-order valence-electron chi connectivity index (χ0n) is 24.8. The summed E-state index contributed by atoms with van der Waals surface area (Å²) in [5.41, 5.74) is 1.89. The minimum absolute atomic E-state index is 0. The summed E-state index contributed by atoms with van der Waals surface area (Å²) in [5.74, 6) is 1.52. The molecule has 0 saturated carbocycles. The van der Waals surface area contributed by atoms with E-state index in [1.807, 2.05) is 66.7 Å². The summed E-state index contributed by atoms with van der Waals surface area (Å²) in [7, 11) is 1.27. The number of rotatable bonds is 14. The molecule has 0 amide bonds. The molecule has 0 bridgehead atoms. The molecule has 0 aliphatic carbocycles. The Hall–Kier alpha value is -1.63. The second kappa shape index (κ2) is 15.6. The molecule has 0 unspecified atom stereocenters. The first-order valence-electron chi connectivity index (χ1n) is 13.3. The van der Waals surface area contributed by atoms with Crippen LogP contribution >= 0.6 is 0 Å². The Bertz CT molecular complexity index is 1080. The topological polar surface area (TPSA) is 66.4 Å². The summed E-state index contributed by atoms with van der Waals surface area (Å²) in [5, 5.41) is 9.51. The summed E-state index contributed by atoms with van der Waals surface area (Å²) in [6, 6.07) is 26.0. The van der Waals surface area contributed by atoms with Crippen LogP contribution in [-0.2, 0) is 19.5 Å². The van der Waals surface area contributed by atoms with Gasteiger partial charge >= 0.3 is 0 Å². The van der Waals surface area contributed by atoms with Crippen LogP contribution in [0.15, 0.2) is 78.9 Å². The maximum absolute atomic E-state index is 9.46. The van der Waals surface area contributed by atoms with Crippen LogP contribution in [0, 0.1) is 37.7 Å². The van der Waals surface area contributed by atoms with Crippen molar-refractivity contribution >= 4 is 8.32 Å². The monoisotopic (exact) mass is 789 g/mol. The van der Waals surface area contributed by atoms with Crippen LogP contribution in [0.2, 0.25) is 18.1 Å². The Morgan fingerprint density at radius 3 is 1.65 bits per heavy atom. The van der Waals surface area contributed by atoms with Crippen LogP contribution in [0.4, 0.5) is 0 Å². The van der Waals surface area contributed by atoms with Gasteiger partial charge in [0.2, 0.25) is 0 Å². The standard InChI is InChI=1S/C32H43O6Si.U/c1-31(2,3)39(6,7)38-24-30(36-22-21-33)23-37-32(25-11-9-8-10-12-25,26-13-17-28(34-4)18-14-26)27-15-19-29(35-5)20-16-27;/h8-20,22,30,33H,21,23-24H2,1-7H3;/q-1;/t30-;/m0./s1. The number of aliphatic hydroxyl groups excluding tert-OH is 1. The smallest absolute Gasteiger partial charge is 0.192 e. The molecule has 0 heterocycles. The van der Waals surface area contributed by atoms with Crippen molar-refractivity contribution in [1.82, 2.24) is 0 Å². The van der Waals surface area contributed by atoms with Crippen LogP contribution in [0.1, 0.15) is 37.5 Å². The fourth-order valence-corrected chi connectivity index (χ4v) is 5.15. The molecular formula is C32H43O6SiU-. The van der Waals surface area contributed by atoms with Gasteiger partial charge in [0.05, 0.1) is 33.5 Å². The van der Waals surface area contributed by atoms with Crippen molar-refractivity contribution in [3.8, 4) is 11.5 Å². The average Bonchev–Trinajstić information content (AvgIpc) is 2.94. The van der Waals surface area contributed by atoms with E-state index >= 15 is 0 Å². The molecule has 0 aliphatic heterocycles. The van der Waals surface area contributed by atoms with Crippen molar-refractivity contribution in [1.29, 1.82) is 0 Å². The van der Waals surface area contributed by atoms with Crippen LogP contribution in [0.25, 0.3) is 0 Å². The third kappa shape index (κ3) is 8.45. The molecule has 0 aliphatic rings. The van der Waals surface area contributed by atoms with E-state index in [2.05, 4.69) is 46.0 Å². The van der Waals surface area contributed by atoms with Gasteiger partial charge in [0, 0.05) is 31.1 Å². The Morgan fingerprint density at radius 2 is 1.23 bits per heavy atom. The van der Waals surface area contributed by atoms with Crippen molar-refractivity contribution in [3.63, 3.8) is 0 Å². The summed E-state index contributed by atoms with van der Waals surface area (Å²) in [4.78, 5) is 0. The van der Waals surface area contributed by atoms with Gasteiger partial charge in [-0.1, -0.05) is 82.0 Å². The minimum atomic E-state index is -2.03. The number of benzene rings is 3. The van der Waals surface area contributed by atoms with E-state index in [4.69, 9.17) is 23.4 Å². The minimum Gasteiger partial charge on any atom is -0.544 e. The molecule has 0 saturated heterocycles. The Labute approximate surface area is 264 Å². The maximum atomic E-state index is 9.46. The second-order valence-corrected chi connectivity index (χ2v) is 15.8. The fraction of sp³-hybridized carbons (Fsp3) is 0.406. The molecule has 0 spiro atoms. The molecule has 1 N–H and O–H groups in total. The predicted molar refractivity (Wildman–Crippen MR) is 158 cm³/mol. The molecule has 8 heteroatoms. The Morgan fingerprint density at radius 1 is 0.750 bits per heavy atom. The predicted octanol–water partition coefficient (Wildman–Crippen LogP) is 6.57. The number of ether oxygens (including phenoxy) is 4. The third-order valence-corrected chi connectivity index (χ3v) is 12.0. The largest absolute Gasteiger partial charge is 0.544 e. The first-order chi connectivity index (χ1) is 18.6. The Balaban J connectivity index is 0.00000560. The van der Waals surface area contributed by atoms with Gasteiger partial charge in [0.25, 0.3) is 0 Å². The number of methoxy groups -OCH3 is 2. The van der Waals surface area contributed by atoms with Gasteiger partial charge in [-0.25, -0.2) is 0 Å². The molecule has 3 rings (SSSR count). The first kappa shape index (κ1) is 34.6. The SMILES string of the molecule is COc1ccc(C(OC[C@@H](CO[Si](C)(C)C(C)(C)C)O[CH-]CO)(c2ccccc2)c2ccc(OC)cc2)cc1.[U]. The zero-order chi connectivity index (χ0) is 28.5. The molecule has 0 radical (unpaired) electrons. The van der Waals surface area contributed by atoms with Crippen molar-refractivity contribution in [2.24, 2.45) is 0 Å². The van der Waals surface area contributed by atoms with Crippen molar-refractivity contribution in [3.05, 3.63) is 102 Å². The van der Waals surface area contributed by atoms with E-state index < -0.39 is 20.0 Å². The quantitative estimate of drug-likeness (QED) is 0.113. The van der Waals surface area contributed by atoms with Crippen molar-refractivity contribution in [2.75, 3.05) is 34.0 Å². The molecule has 1 atom stereocenters. The van der Waals surface area contributed by atoms with Crippen LogP contribution in [0.3, 0.4) is 0 Å².